The molecule has 2 aromatic rings. The van der Waals surface area contributed by atoms with Gasteiger partial charge in [-0.1, -0.05) is 12.1 Å². The second-order valence-corrected chi connectivity index (χ2v) is 7.66. The Labute approximate surface area is 180 Å². The number of aryl methyl sites for hydroxylation is 2. The highest BCUT2D eigenvalue weighted by Gasteiger charge is 2.38. The Kier molecular flexibility index (Phi) is 6.71. The summed E-state index contributed by atoms with van der Waals surface area (Å²) in [6.45, 7) is 1.15. The molecule has 10 heteroatoms. The van der Waals surface area contributed by atoms with Crippen molar-refractivity contribution in [1.82, 2.24) is 19.6 Å². The number of hydrogen-bond donors (Lipinski definition) is 2. The van der Waals surface area contributed by atoms with Gasteiger partial charge in [0.05, 0.1) is 18.3 Å². The van der Waals surface area contributed by atoms with Crippen molar-refractivity contribution in [2.24, 2.45) is 7.05 Å². The molecule has 1 aliphatic rings. The van der Waals surface area contributed by atoms with Gasteiger partial charge < -0.3 is 25.0 Å². The van der Waals surface area contributed by atoms with Crippen molar-refractivity contribution in [1.29, 1.82) is 0 Å². The topological polar surface area (TPSA) is 117 Å². The average molecular weight is 429 g/mol. The molecule has 0 bridgehead atoms. The Morgan fingerprint density at radius 2 is 1.97 bits per heavy atom. The summed E-state index contributed by atoms with van der Waals surface area (Å²) in [4.78, 5) is 39.6. The van der Waals surface area contributed by atoms with E-state index in [9.17, 15) is 19.5 Å². The van der Waals surface area contributed by atoms with E-state index in [0.29, 0.717) is 11.4 Å². The molecule has 0 saturated carbocycles. The zero-order valence-electron chi connectivity index (χ0n) is 18.0. The van der Waals surface area contributed by atoms with E-state index in [-0.39, 0.29) is 37.5 Å². The van der Waals surface area contributed by atoms with Gasteiger partial charge in [0.15, 0.2) is 0 Å². The summed E-state index contributed by atoms with van der Waals surface area (Å²) >= 11 is 0. The standard InChI is InChI=1S/C21H27N5O5/c1-13-9-16(25(4)23-13)21(30)22-15-7-5-14(6-8-15)20-17(11-27)26(19(29)12-31-20)10-18(28)24(2)3/h5-9,17,20,27H,10-12H2,1-4H3,(H,22,30). The fraction of sp³-hybridized carbons (Fsp3) is 0.429. The highest BCUT2D eigenvalue weighted by atomic mass is 16.5. The number of carbonyl (C=O) groups excluding carboxylic acids is 3. The molecule has 10 nitrogen and oxygen atoms in total. The zero-order valence-corrected chi connectivity index (χ0v) is 18.0. The monoisotopic (exact) mass is 429 g/mol. The molecule has 166 valence electrons. The van der Waals surface area contributed by atoms with Crippen LogP contribution in [0, 0.1) is 6.92 Å². The number of aromatic nitrogens is 2. The minimum atomic E-state index is -0.692. The molecule has 1 saturated heterocycles. The maximum Gasteiger partial charge on any atom is 0.273 e. The van der Waals surface area contributed by atoms with Crippen molar-refractivity contribution < 1.29 is 24.2 Å². The van der Waals surface area contributed by atoms with Crippen LogP contribution in [-0.2, 0) is 21.4 Å². The minimum Gasteiger partial charge on any atom is -0.394 e. The van der Waals surface area contributed by atoms with Crippen LogP contribution in [0.2, 0.25) is 0 Å². The Morgan fingerprint density at radius 3 is 2.52 bits per heavy atom. The smallest absolute Gasteiger partial charge is 0.273 e. The molecular weight excluding hydrogens is 402 g/mol. The lowest BCUT2D eigenvalue weighted by Gasteiger charge is -2.40. The van der Waals surface area contributed by atoms with E-state index < -0.39 is 12.1 Å². The number of ether oxygens (including phenoxy) is 1. The second-order valence-electron chi connectivity index (χ2n) is 7.66. The van der Waals surface area contributed by atoms with E-state index in [0.717, 1.165) is 11.3 Å². The summed E-state index contributed by atoms with van der Waals surface area (Å²) < 4.78 is 7.20. The van der Waals surface area contributed by atoms with Crippen molar-refractivity contribution in [3.05, 3.63) is 47.3 Å². The molecular formula is C21H27N5O5. The third kappa shape index (κ3) is 4.92. The van der Waals surface area contributed by atoms with Crippen molar-refractivity contribution in [2.45, 2.75) is 19.1 Å². The molecule has 3 rings (SSSR count). The van der Waals surface area contributed by atoms with Gasteiger partial charge >= 0.3 is 0 Å². The van der Waals surface area contributed by atoms with Crippen molar-refractivity contribution in [3.63, 3.8) is 0 Å². The number of benzene rings is 1. The van der Waals surface area contributed by atoms with Crippen LogP contribution >= 0.6 is 0 Å². The summed E-state index contributed by atoms with van der Waals surface area (Å²) in [5.41, 5.74) is 2.50. The van der Waals surface area contributed by atoms with Crippen LogP contribution in [-0.4, -0.2) is 82.3 Å². The number of likely N-dealkylation sites (N-methyl/N-ethyl adjacent to an activating group) is 1. The lowest BCUT2D eigenvalue weighted by molar-refractivity contribution is -0.164. The van der Waals surface area contributed by atoms with E-state index in [1.807, 2.05) is 6.92 Å². The molecule has 3 amide bonds. The van der Waals surface area contributed by atoms with Crippen molar-refractivity contribution >= 4 is 23.4 Å². The third-order valence-corrected chi connectivity index (χ3v) is 5.18. The summed E-state index contributed by atoms with van der Waals surface area (Å²) in [5, 5.41) is 16.9. The van der Waals surface area contributed by atoms with E-state index in [1.165, 1.54) is 14.5 Å². The maximum atomic E-state index is 12.5. The van der Waals surface area contributed by atoms with Gasteiger partial charge in [-0.2, -0.15) is 5.10 Å². The van der Waals surface area contributed by atoms with E-state index >= 15 is 0 Å². The maximum absolute atomic E-state index is 12.5. The van der Waals surface area contributed by atoms with Crippen LogP contribution in [0.25, 0.3) is 0 Å². The number of aliphatic hydroxyl groups excluding tert-OH is 1. The largest absolute Gasteiger partial charge is 0.394 e. The van der Waals surface area contributed by atoms with E-state index in [4.69, 9.17) is 4.74 Å². The second kappa shape index (κ2) is 9.27. The van der Waals surface area contributed by atoms with Gasteiger partial charge in [-0.05, 0) is 30.7 Å². The van der Waals surface area contributed by atoms with Crippen LogP contribution in [0.3, 0.4) is 0 Å². The first kappa shape index (κ1) is 22.4. The summed E-state index contributed by atoms with van der Waals surface area (Å²) in [6.07, 6.45) is -0.595. The molecule has 0 radical (unpaired) electrons. The molecule has 0 aliphatic carbocycles. The summed E-state index contributed by atoms with van der Waals surface area (Å²) in [5.74, 6) is -0.867. The van der Waals surface area contributed by atoms with Crippen LogP contribution in [0.15, 0.2) is 30.3 Å². The molecule has 1 aromatic heterocycles. The molecule has 1 aromatic carbocycles. The first-order valence-corrected chi connectivity index (χ1v) is 9.85. The van der Waals surface area contributed by atoms with Gasteiger partial charge in [0, 0.05) is 26.8 Å². The predicted molar refractivity (Wildman–Crippen MR) is 112 cm³/mol. The number of aliphatic hydroxyl groups is 1. The molecule has 2 atom stereocenters. The number of nitrogens with one attached hydrogen (secondary N) is 1. The SMILES string of the molecule is Cc1cc(C(=O)Nc2ccc(C3OCC(=O)N(CC(=O)N(C)C)C3CO)cc2)n(C)n1. The van der Waals surface area contributed by atoms with E-state index in [1.54, 1.807) is 51.5 Å². The lowest BCUT2D eigenvalue weighted by Crippen LogP contribution is -2.55. The molecule has 2 N–H and O–H groups in total. The first-order valence-electron chi connectivity index (χ1n) is 9.85. The van der Waals surface area contributed by atoms with Crippen LogP contribution in [0.5, 0.6) is 0 Å². The van der Waals surface area contributed by atoms with Crippen LogP contribution in [0.4, 0.5) is 5.69 Å². The molecule has 31 heavy (non-hydrogen) atoms. The fourth-order valence-electron chi connectivity index (χ4n) is 3.48. The third-order valence-electron chi connectivity index (χ3n) is 5.18. The molecule has 1 aliphatic heterocycles. The molecule has 2 heterocycles. The lowest BCUT2D eigenvalue weighted by atomic mass is 9.99. The number of hydrogen-bond acceptors (Lipinski definition) is 6. The summed E-state index contributed by atoms with van der Waals surface area (Å²) in [6, 6.07) is 7.98. The molecule has 1 fully saturated rings. The van der Waals surface area contributed by atoms with Gasteiger partial charge in [0.2, 0.25) is 11.8 Å². The highest BCUT2D eigenvalue weighted by molar-refractivity contribution is 6.03. The van der Waals surface area contributed by atoms with Gasteiger partial charge in [0.25, 0.3) is 5.91 Å². The van der Waals surface area contributed by atoms with Gasteiger partial charge in [-0.15, -0.1) is 0 Å². The molecule has 2 unspecified atom stereocenters. The Balaban J connectivity index is 1.74. The number of morpholine rings is 1. The summed E-state index contributed by atoms with van der Waals surface area (Å²) in [7, 11) is 4.92. The zero-order chi connectivity index (χ0) is 22.7. The van der Waals surface area contributed by atoms with Crippen molar-refractivity contribution in [3.8, 4) is 0 Å². The van der Waals surface area contributed by atoms with Crippen molar-refractivity contribution in [2.75, 3.05) is 39.2 Å². The number of amides is 3. The molecule has 0 spiro atoms. The number of rotatable bonds is 6. The highest BCUT2D eigenvalue weighted by Crippen LogP contribution is 2.30. The van der Waals surface area contributed by atoms with Gasteiger partial charge in [0.1, 0.15) is 24.9 Å². The Morgan fingerprint density at radius 1 is 1.29 bits per heavy atom. The quantitative estimate of drug-likeness (QED) is 0.684. The Bertz CT molecular complexity index is 969. The predicted octanol–water partition coefficient (Wildman–Crippen LogP) is 0.330. The van der Waals surface area contributed by atoms with Crippen LogP contribution in [0.1, 0.15) is 27.8 Å². The number of nitrogens with zero attached hydrogens (tertiary/aromatic N) is 4. The average Bonchev–Trinajstić information content (AvgIpc) is 3.08. The van der Waals surface area contributed by atoms with Crippen LogP contribution < -0.4 is 5.32 Å². The minimum absolute atomic E-state index is 0.130. The van der Waals surface area contributed by atoms with Gasteiger partial charge in [-0.3, -0.25) is 19.1 Å². The number of anilines is 1. The fourth-order valence-corrected chi connectivity index (χ4v) is 3.48. The van der Waals surface area contributed by atoms with Gasteiger partial charge in [-0.25, -0.2) is 0 Å². The van der Waals surface area contributed by atoms with E-state index in [2.05, 4.69) is 10.4 Å². The number of carbonyl (C=O) groups is 3. The normalized spacial score (nSPS) is 18.7. The first-order chi connectivity index (χ1) is 14.7. The Hall–Kier alpha value is -3.24.